The molecule has 1 saturated carbocycles. The molecule has 0 radical (unpaired) electrons. The van der Waals surface area contributed by atoms with E-state index >= 15 is 0 Å². The molecule has 25 heavy (non-hydrogen) atoms. The van der Waals surface area contributed by atoms with Crippen LogP contribution in [0.3, 0.4) is 0 Å². The largest absolute Gasteiger partial charge is 0.447 e. The molecule has 3 rings (SSSR count). The smallest absolute Gasteiger partial charge is 0.311 e. The zero-order valence-electron chi connectivity index (χ0n) is 14.0. The van der Waals surface area contributed by atoms with Gasteiger partial charge in [0.15, 0.2) is 0 Å². The van der Waals surface area contributed by atoms with Crippen LogP contribution in [0.25, 0.3) is 0 Å². The van der Waals surface area contributed by atoms with Gasteiger partial charge >= 0.3 is 5.97 Å². The lowest BCUT2D eigenvalue weighted by atomic mass is 10.1. The molecule has 0 aliphatic heterocycles. The molecule has 1 aliphatic rings. The number of carbonyl (C=O) groups excluding carboxylic acids is 2. The van der Waals surface area contributed by atoms with E-state index in [9.17, 15) is 14.0 Å². The standard InChI is InChI=1S/C20H20FNO3/c1-13-4-2-3-5-15(13)12-18(23)25-19(20(24)22-17-10-11-17)14-6-8-16(21)9-7-14/h2-9,17,19H,10-12H2,1H3,(H,22,24). The van der Waals surface area contributed by atoms with Crippen molar-refractivity contribution in [2.24, 2.45) is 0 Å². The first-order chi connectivity index (χ1) is 12.0. The van der Waals surface area contributed by atoms with Crippen LogP contribution in [-0.2, 0) is 20.7 Å². The fraction of sp³-hybridized carbons (Fsp3) is 0.300. The summed E-state index contributed by atoms with van der Waals surface area (Å²) in [5.74, 6) is -1.27. The Morgan fingerprint density at radius 1 is 1.16 bits per heavy atom. The van der Waals surface area contributed by atoms with Crippen molar-refractivity contribution in [3.05, 3.63) is 71.0 Å². The number of nitrogens with one attached hydrogen (secondary N) is 1. The number of carbonyl (C=O) groups is 2. The van der Waals surface area contributed by atoms with Gasteiger partial charge in [0, 0.05) is 11.6 Å². The van der Waals surface area contributed by atoms with Crippen molar-refractivity contribution >= 4 is 11.9 Å². The molecule has 1 unspecified atom stereocenters. The lowest BCUT2D eigenvalue weighted by Crippen LogP contribution is -2.33. The van der Waals surface area contributed by atoms with Crippen LogP contribution in [0.4, 0.5) is 4.39 Å². The minimum atomic E-state index is -1.07. The van der Waals surface area contributed by atoms with Crippen molar-refractivity contribution in [1.29, 1.82) is 0 Å². The van der Waals surface area contributed by atoms with E-state index in [1.807, 2.05) is 31.2 Å². The minimum absolute atomic E-state index is 0.0844. The molecule has 0 spiro atoms. The van der Waals surface area contributed by atoms with Gasteiger partial charge in [-0.25, -0.2) is 4.39 Å². The van der Waals surface area contributed by atoms with Crippen LogP contribution in [0, 0.1) is 12.7 Å². The highest BCUT2D eigenvalue weighted by molar-refractivity contribution is 5.86. The zero-order chi connectivity index (χ0) is 17.8. The first kappa shape index (κ1) is 17.1. The van der Waals surface area contributed by atoms with Gasteiger partial charge in [0.25, 0.3) is 5.91 Å². The highest BCUT2D eigenvalue weighted by Gasteiger charge is 2.30. The van der Waals surface area contributed by atoms with Gasteiger partial charge in [0.1, 0.15) is 5.82 Å². The third kappa shape index (κ3) is 4.66. The number of amides is 1. The molecule has 2 aromatic carbocycles. The maximum Gasteiger partial charge on any atom is 0.311 e. The summed E-state index contributed by atoms with van der Waals surface area (Å²) in [6.45, 7) is 1.92. The Bertz CT molecular complexity index is 769. The molecule has 1 atom stereocenters. The van der Waals surface area contributed by atoms with E-state index < -0.39 is 17.9 Å². The maximum absolute atomic E-state index is 13.2. The number of ether oxygens (including phenoxy) is 1. The number of hydrogen-bond donors (Lipinski definition) is 1. The van der Waals surface area contributed by atoms with Gasteiger partial charge in [-0.15, -0.1) is 0 Å². The molecule has 130 valence electrons. The first-order valence-corrected chi connectivity index (χ1v) is 8.33. The fourth-order valence-electron chi connectivity index (χ4n) is 2.55. The van der Waals surface area contributed by atoms with E-state index in [1.165, 1.54) is 24.3 Å². The summed E-state index contributed by atoms with van der Waals surface area (Å²) in [7, 11) is 0. The van der Waals surface area contributed by atoms with Crippen molar-refractivity contribution < 1.29 is 18.7 Å². The van der Waals surface area contributed by atoms with Crippen LogP contribution < -0.4 is 5.32 Å². The second-order valence-electron chi connectivity index (χ2n) is 6.31. The quantitative estimate of drug-likeness (QED) is 0.821. The number of halogens is 1. The molecule has 1 N–H and O–H groups in total. The Kier molecular flexibility index (Phi) is 5.12. The molecule has 0 saturated heterocycles. The SMILES string of the molecule is Cc1ccccc1CC(=O)OC(C(=O)NC1CC1)c1ccc(F)cc1. The Labute approximate surface area is 146 Å². The molecular weight excluding hydrogens is 321 g/mol. The lowest BCUT2D eigenvalue weighted by molar-refractivity contribution is -0.156. The van der Waals surface area contributed by atoms with Crippen molar-refractivity contribution in [3.8, 4) is 0 Å². The van der Waals surface area contributed by atoms with E-state index in [0.717, 1.165) is 24.0 Å². The van der Waals surface area contributed by atoms with Crippen LogP contribution in [0.2, 0.25) is 0 Å². The molecule has 1 fully saturated rings. The summed E-state index contributed by atoms with van der Waals surface area (Å²) < 4.78 is 18.6. The molecule has 1 aliphatic carbocycles. The van der Waals surface area contributed by atoms with Crippen LogP contribution in [0.1, 0.15) is 35.6 Å². The molecule has 5 heteroatoms. The van der Waals surface area contributed by atoms with E-state index in [2.05, 4.69) is 5.32 Å². The van der Waals surface area contributed by atoms with Gasteiger partial charge in [-0.2, -0.15) is 0 Å². The predicted molar refractivity (Wildman–Crippen MR) is 91.3 cm³/mol. The number of hydrogen-bond acceptors (Lipinski definition) is 3. The fourth-order valence-corrected chi connectivity index (χ4v) is 2.55. The summed E-state index contributed by atoms with van der Waals surface area (Å²) in [5.41, 5.74) is 2.30. The number of aryl methyl sites for hydroxylation is 1. The number of benzene rings is 2. The van der Waals surface area contributed by atoms with E-state index in [1.54, 1.807) is 0 Å². The third-order valence-corrected chi connectivity index (χ3v) is 4.18. The first-order valence-electron chi connectivity index (χ1n) is 8.33. The Hall–Kier alpha value is -2.69. The summed E-state index contributed by atoms with van der Waals surface area (Å²) in [6.07, 6.45) is 0.872. The average molecular weight is 341 g/mol. The molecular formula is C20H20FNO3. The minimum Gasteiger partial charge on any atom is -0.447 e. The molecule has 0 heterocycles. The van der Waals surface area contributed by atoms with Gasteiger partial charge in [-0.3, -0.25) is 9.59 Å². The second-order valence-corrected chi connectivity index (χ2v) is 6.31. The van der Waals surface area contributed by atoms with E-state index in [0.29, 0.717) is 5.56 Å². The lowest BCUT2D eigenvalue weighted by Gasteiger charge is -2.18. The molecule has 4 nitrogen and oxygen atoms in total. The van der Waals surface area contributed by atoms with Gasteiger partial charge < -0.3 is 10.1 Å². The normalized spacial score (nSPS) is 14.6. The second kappa shape index (κ2) is 7.47. The van der Waals surface area contributed by atoms with Crippen molar-refractivity contribution in [2.45, 2.75) is 38.3 Å². The highest BCUT2D eigenvalue weighted by Crippen LogP contribution is 2.24. The van der Waals surface area contributed by atoms with Crippen LogP contribution in [0.15, 0.2) is 48.5 Å². The highest BCUT2D eigenvalue weighted by atomic mass is 19.1. The monoisotopic (exact) mass is 341 g/mol. The van der Waals surface area contributed by atoms with Gasteiger partial charge in [-0.1, -0.05) is 36.4 Å². The van der Waals surface area contributed by atoms with Crippen molar-refractivity contribution in [2.75, 3.05) is 0 Å². The average Bonchev–Trinajstić information content (AvgIpc) is 3.40. The zero-order valence-corrected chi connectivity index (χ0v) is 14.0. The van der Waals surface area contributed by atoms with E-state index in [4.69, 9.17) is 4.74 Å². The molecule has 0 aromatic heterocycles. The summed E-state index contributed by atoms with van der Waals surface area (Å²) >= 11 is 0. The Morgan fingerprint density at radius 3 is 2.48 bits per heavy atom. The molecule has 2 aromatic rings. The van der Waals surface area contributed by atoms with Gasteiger partial charge in [0.2, 0.25) is 6.10 Å². The van der Waals surface area contributed by atoms with Crippen LogP contribution in [0.5, 0.6) is 0 Å². The predicted octanol–water partition coefficient (Wildman–Crippen LogP) is 3.24. The van der Waals surface area contributed by atoms with Crippen LogP contribution in [-0.4, -0.2) is 17.9 Å². The third-order valence-electron chi connectivity index (χ3n) is 4.18. The Morgan fingerprint density at radius 2 is 1.84 bits per heavy atom. The molecule has 0 bridgehead atoms. The maximum atomic E-state index is 13.2. The summed E-state index contributed by atoms with van der Waals surface area (Å²) in [5, 5.41) is 2.84. The Balaban J connectivity index is 1.74. The van der Waals surface area contributed by atoms with Gasteiger partial charge in [0.05, 0.1) is 6.42 Å². The van der Waals surface area contributed by atoms with Crippen LogP contribution >= 0.6 is 0 Å². The number of esters is 1. The van der Waals surface area contributed by atoms with E-state index in [-0.39, 0.29) is 18.4 Å². The van der Waals surface area contributed by atoms with Crippen molar-refractivity contribution in [3.63, 3.8) is 0 Å². The van der Waals surface area contributed by atoms with Crippen molar-refractivity contribution in [1.82, 2.24) is 5.32 Å². The number of rotatable bonds is 6. The summed E-state index contributed by atoms with van der Waals surface area (Å²) in [6, 6.07) is 13.1. The van der Waals surface area contributed by atoms with Gasteiger partial charge in [-0.05, 0) is 43.0 Å². The summed E-state index contributed by atoms with van der Waals surface area (Å²) in [4.78, 5) is 24.8. The molecule has 1 amide bonds. The topological polar surface area (TPSA) is 55.4 Å².